The Balaban J connectivity index is 1.84. The standard InChI is InChI=1S/C13H18FN3O3S/c14-11-1-3-12(4-2-11)16-13(18)17-7-5-10(6-8-17)9-21(15,19)20/h1-4,10H,5-9H2,(H,16,18)(H2,15,19,20). The molecular weight excluding hydrogens is 297 g/mol. The maximum absolute atomic E-state index is 12.8. The summed E-state index contributed by atoms with van der Waals surface area (Å²) in [5, 5.41) is 7.70. The summed E-state index contributed by atoms with van der Waals surface area (Å²) < 4.78 is 34.9. The average molecular weight is 315 g/mol. The van der Waals surface area contributed by atoms with Crippen LogP contribution in [0.5, 0.6) is 0 Å². The Bertz CT molecular complexity index is 596. The van der Waals surface area contributed by atoms with Crippen LogP contribution in [0, 0.1) is 11.7 Å². The Labute approximate surface area is 123 Å². The number of anilines is 1. The minimum absolute atomic E-state index is 0.00475. The highest BCUT2D eigenvalue weighted by Crippen LogP contribution is 2.19. The molecule has 8 heteroatoms. The van der Waals surface area contributed by atoms with Crippen LogP contribution in [0.3, 0.4) is 0 Å². The number of rotatable bonds is 3. The molecule has 0 aromatic heterocycles. The first-order valence-electron chi connectivity index (χ1n) is 6.65. The van der Waals surface area contributed by atoms with Crippen LogP contribution in [-0.2, 0) is 10.0 Å². The fraction of sp³-hybridized carbons (Fsp3) is 0.462. The van der Waals surface area contributed by atoms with Crippen LogP contribution in [0.2, 0.25) is 0 Å². The first kappa shape index (κ1) is 15.7. The number of primary sulfonamides is 1. The minimum atomic E-state index is -3.47. The summed E-state index contributed by atoms with van der Waals surface area (Å²) in [6, 6.07) is 5.25. The Kier molecular flexibility index (Phi) is 4.79. The van der Waals surface area contributed by atoms with Crippen LogP contribution in [0.15, 0.2) is 24.3 Å². The van der Waals surface area contributed by atoms with Gasteiger partial charge in [0.05, 0.1) is 5.75 Å². The lowest BCUT2D eigenvalue weighted by Crippen LogP contribution is -2.42. The summed E-state index contributed by atoms with van der Waals surface area (Å²) >= 11 is 0. The van der Waals surface area contributed by atoms with Crippen LogP contribution < -0.4 is 10.5 Å². The number of carbonyl (C=O) groups excluding carboxylic acids is 1. The Morgan fingerprint density at radius 1 is 1.29 bits per heavy atom. The van der Waals surface area contributed by atoms with Crippen LogP contribution in [0.1, 0.15) is 12.8 Å². The molecule has 1 aromatic carbocycles. The SMILES string of the molecule is NS(=O)(=O)CC1CCN(C(=O)Nc2ccc(F)cc2)CC1. The summed E-state index contributed by atoms with van der Waals surface area (Å²) in [6.45, 7) is 0.959. The third kappa shape index (κ3) is 4.98. The van der Waals surface area contributed by atoms with Gasteiger partial charge in [0, 0.05) is 18.8 Å². The van der Waals surface area contributed by atoms with Crippen molar-refractivity contribution in [2.75, 3.05) is 24.2 Å². The van der Waals surface area contributed by atoms with Gasteiger partial charge in [0.25, 0.3) is 0 Å². The lowest BCUT2D eigenvalue weighted by molar-refractivity contribution is 0.187. The zero-order chi connectivity index (χ0) is 15.5. The van der Waals surface area contributed by atoms with E-state index in [-0.39, 0.29) is 23.5 Å². The summed E-state index contributed by atoms with van der Waals surface area (Å²) in [7, 11) is -3.47. The van der Waals surface area contributed by atoms with Gasteiger partial charge < -0.3 is 10.2 Å². The van der Waals surface area contributed by atoms with E-state index in [9.17, 15) is 17.6 Å². The molecule has 1 aliphatic heterocycles. The number of likely N-dealkylation sites (tertiary alicyclic amines) is 1. The number of nitrogens with one attached hydrogen (secondary N) is 1. The number of carbonyl (C=O) groups is 1. The first-order chi connectivity index (χ1) is 9.83. The van der Waals surface area contributed by atoms with Gasteiger partial charge >= 0.3 is 6.03 Å². The number of halogens is 1. The fourth-order valence-corrected chi connectivity index (χ4v) is 3.36. The third-order valence-electron chi connectivity index (χ3n) is 3.47. The van der Waals surface area contributed by atoms with Crippen molar-refractivity contribution in [3.8, 4) is 0 Å². The van der Waals surface area contributed by atoms with Crippen molar-refractivity contribution >= 4 is 21.7 Å². The number of sulfonamides is 1. The van der Waals surface area contributed by atoms with E-state index >= 15 is 0 Å². The van der Waals surface area contributed by atoms with Gasteiger partial charge in [-0.1, -0.05) is 0 Å². The molecule has 116 valence electrons. The highest BCUT2D eigenvalue weighted by atomic mass is 32.2. The van der Waals surface area contributed by atoms with E-state index in [4.69, 9.17) is 5.14 Å². The number of urea groups is 1. The Morgan fingerprint density at radius 2 is 1.86 bits per heavy atom. The number of hydrogen-bond donors (Lipinski definition) is 2. The monoisotopic (exact) mass is 315 g/mol. The molecule has 3 N–H and O–H groups in total. The third-order valence-corrected chi connectivity index (χ3v) is 4.40. The lowest BCUT2D eigenvalue weighted by atomic mass is 9.99. The molecule has 0 saturated carbocycles. The second kappa shape index (κ2) is 6.40. The minimum Gasteiger partial charge on any atom is -0.325 e. The van der Waals surface area contributed by atoms with E-state index in [2.05, 4.69) is 5.32 Å². The van der Waals surface area contributed by atoms with E-state index in [1.54, 1.807) is 4.90 Å². The number of nitrogens with two attached hydrogens (primary N) is 1. The molecule has 1 aromatic rings. The van der Waals surface area contributed by atoms with Gasteiger partial charge in [-0.2, -0.15) is 0 Å². The highest BCUT2D eigenvalue weighted by molar-refractivity contribution is 7.89. The van der Waals surface area contributed by atoms with E-state index in [1.165, 1.54) is 24.3 Å². The number of hydrogen-bond acceptors (Lipinski definition) is 3. The van der Waals surface area contributed by atoms with Crippen LogP contribution in [-0.4, -0.2) is 38.2 Å². The zero-order valence-electron chi connectivity index (χ0n) is 11.5. The van der Waals surface area contributed by atoms with Crippen LogP contribution >= 0.6 is 0 Å². The summed E-state index contributed by atoms with van der Waals surface area (Å²) in [4.78, 5) is 13.6. The fourth-order valence-electron chi connectivity index (χ4n) is 2.37. The van der Waals surface area contributed by atoms with Crippen molar-refractivity contribution in [3.05, 3.63) is 30.1 Å². The van der Waals surface area contributed by atoms with Gasteiger partial charge in [-0.15, -0.1) is 0 Å². The lowest BCUT2D eigenvalue weighted by Gasteiger charge is -2.31. The van der Waals surface area contributed by atoms with Gasteiger partial charge in [0.2, 0.25) is 10.0 Å². The van der Waals surface area contributed by atoms with E-state index in [0.717, 1.165) is 0 Å². The average Bonchev–Trinajstić information content (AvgIpc) is 2.40. The second-order valence-electron chi connectivity index (χ2n) is 5.20. The maximum atomic E-state index is 12.8. The molecule has 0 radical (unpaired) electrons. The van der Waals surface area contributed by atoms with E-state index in [1.807, 2.05) is 0 Å². The van der Waals surface area contributed by atoms with Gasteiger partial charge in [-0.3, -0.25) is 0 Å². The molecule has 1 aliphatic rings. The van der Waals surface area contributed by atoms with Crippen molar-refractivity contribution in [1.29, 1.82) is 0 Å². The van der Waals surface area contributed by atoms with Gasteiger partial charge in [0.15, 0.2) is 0 Å². The van der Waals surface area contributed by atoms with Gasteiger partial charge in [0.1, 0.15) is 5.82 Å². The largest absolute Gasteiger partial charge is 0.325 e. The molecule has 1 fully saturated rings. The maximum Gasteiger partial charge on any atom is 0.321 e. The molecule has 0 bridgehead atoms. The first-order valence-corrected chi connectivity index (χ1v) is 8.37. The molecule has 6 nitrogen and oxygen atoms in total. The van der Waals surface area contributed by atoms with Gasteiger partial charge in [-0.25, -0.2) is 22.7 Å². The predicted octanol–water partition coefficient (Wildman–Crippen LogP) is 1.36. The Hall–Kier alpha value is -1.67. The molecule has 1 heterocycles. The van der Waals surface area contributed by atoms with Crippen LogP contribution in [0.25, 0.3) is 0 Å². The molecule has 2 amide bonds. The molecule has 0 spiro atoms. The van der Waals surface area contributed by atoms with Crippen molar-refractivity contribution in [2.24, 2.45) is 11.1 Å². The van der Waals surface area contributed by atoms with Crippen LogP contribution in [0.4, 0.5) is 14.9 Å². The van der Waals surface area contributed by atoms with Crippen molar-refractivity contribution in [3.63, 3.8) is 0 Å². The molecular formula is C13H18FN3O3S. The number of amides is 2. The Morgan fingerprint density at radius 3 is 2.38 bits per heavy atom. The molecule has 0 aliphatic carbocycles. The molecule has 21 heavy (non-hydrogen) atoms. The van der Waals surface area contributed by atoms with E-state index < -0.39 is 10.0 Å². The summed E-state index contributed by atoms with van der Waals surface area (Å²) in [6.07, 6.45) is 1.21. The number of benzene rings is 1. The van der Waals surface area contributed by atoms with Crippen molar-refractivity contribution in [2.45, 2.75) is 12.8 Å². The summed E-state index contributed by atoms with van der Waals surface area (Å²) in [5.41, 5.74) is 0.521. The normalized spacial score (nSPS) is 16.8. The highest BCUT2D eigenvalue weighted by Gasteiger charge is 2.25. The smallest absolute Gasteiger partial charge is 0.321 e. The molecule has 0 unspecified atom stereocenters. The number of nitrogens with zero attached hydrogens (tertiary/aromatic N) is 1. The van der Waals surface area contributed by atoms with E-state index in [0.29, 0.717) is 31.6 Å². The second-order valence-corrected chi connectivity index (χ2v) is 6.86. The summed E-state index contributed by atoms with van der Waals surface area (Å²) in [5.74, 6) is -0.410. The van der Waals surface area contributed by atoms with Crippen molar-refractivity contribution < 1.29 is 17.6 Å². The van der Waals surface area contributed by atoms with Crippen molar-refractivity contribution in [1.82, 2.24) is 4.90 Å². The van der Waals surface area contributed by atoms with Gasteiger partial charge in [-0.05, 0) is 43.0 Å². The molecule has 1 saturated heterocycles. The predicted molar refractivity (Wildman–Crippen MR) is 77.7 cm³/mol. The number of piperidine rings is 1. The topological polar surface area (TPSA) is 92.5 Å². The zero-order valence-corrected chi connectivity index (χ0v) is 12.3. The molecule has 0 atom stereocenters. The molecule has 2 rings (SSSR count). The quantitative estimate of drug-likeness (QED) is 0.882.